The van der Waals surface area contributed by atoms with Gasteiger partial charge in [-0.2, -0.15) is 0 Å². The Balaban J connectivity index is 2.83. The van der Waals surface area contributed by atoms with Crippen molar-refractivity contribution in [2.75, 3.05) is 31.8 Å². The molecule has 1 amide bonds. The number of likely N-dealkylation sites (N-methyl/N-ethyl adjacent to an activating group) is 1. The molecule has 0 atom stereocenters. The lowest BCUT2D eigenvalue weighted by molar-refractivity contribution is -0.118. The Morgan fingerprint density at radius 2 is 2.18 bits per heavy atom. The van der Waals surface area contributed by atoms with E-state index in [4.69, 9.17) is 5.73 Å². The Bertz CT molecular complexity index is 434. The van der Waals surface area contributed by atoms with Crippen molar-refractivity contribution in [3.63, 3.8) is 0 Å². The first-order chi connectivity index (χ1) is 8.08. The van der Waals surface area contributed by atoms with Crippen LogP contribution in [0.1, 0.15) is 10.5 Å². The van der Waals surface area contributed by atoms with Crippen LogP contribution in [0.25, 0.3) is 0 Å². The largest absolute Gasteiger partial charge is 0.464 e. The first kappa shape index (κ1) is 12.8. The lowest BCUT2D eigenvalue weighted by atomic mass is 10.3. The van der Waals surface area contributed by atoms with Gasteiger partial charge in [-0.3, -0.25) is 4.79 Å². The summed E-state index contributed by atoms with van der Waals surface area (Å²) in [6.07, 6.45) is 0. The molecule has 0 saturated carbocycles. The number of carbonyl (C=O) groups excluding carboxylic acids is 2. The highest BCUT2D eigenvalue weighted by atomic mass is 16.5. The van der Waals surface area contributed by atoms with Crippen LogP contribution in [0.5, 0.6) is 0 Å². The van der Waals surface area contributed by atoms with Crippen molar-refractivity contribution in [2.24, 2.45) is 0 Å². The lowest BCUT2D eigenvalue weighted by Crippen LogP contribution is -2.26. The number of carbonyl (C=O) groups is 2. The number of pyridine rings is 1. The molecular formula is C10H14N4O3. The van der Waals surface area contributed by atoms with Crippen LogP contribution in [0, 0.1) is 0 Å². The van der Waals surface area contributed by atoms with Gasteiger partial charge in [0.05, 0.1) is 19.3 Å². The number of nitrogens with two attached hydrogens (primary N) is 1. The summed E-state index contributed by atoms with van der Waals surface area (Å²) in [5, 5.41) is 5.17. The van der Waals surface area contributed by atoms with Gasteiger partial charge in [0.2, 0.25) is 5.91 Å². The maximum atomic E-state index is 11.2. The molecule has 0 spiro atoms. The van der Waals surface area contributed by atoms with Crippen molar-refractivity contribution in [3.05, 3.63) is 17.8 Å². The molecule has 1 aromatic heterocycles. The third-order valence-electron chi connectivity index (χ3n) is 2.02. The van der Waals surface area contributed by atoms with Crippen LogP contribution in [0.2, 0.25) is 0 Å². The van der Waals surface area contributed by atoms with E-state index >= 15 is 0 Å². The number of hydrogen-bond donors (Lipinski definition) is 3. The highest BCUT2D eigenvalue weighted by molar-refractivity contribution is 5.89. The second-order valence-corrected chi connectivity index (χ2v) is 3.15. The highest BCUT2D eigenvalue weighted by Gasteiger charge is 2.10. The van der Waals surface area contributed by atoms with Gasteiger partial charge in [-0.05, 0) is 12.1 Å². The summed E-state index contributed by atoms with van der Waals surface area (Å²) in [4.78, 5) is 26.2. The Morgan fingerprint density at radius 1 is 1.47 bits per heavy atom. The van der Waals surface area contributed by atoms with Crippen LogP contribution in [-0.4, -0.2) is 37.6 Å². The minimum absolute atomic E-state index is 0.0261. The van der Waals surface area contributed by atoms with Crippen LogP contribution in [-0.2, 0) is 9.53 Å². The van der Waals surface area contributed by atoms with Gasteiger partial charge in [0.1, 0.15) is 0 Å². The van der Waals surface area contributed by atoms with Crippen LogP contribution in [0.15, 0.2) is 12.1 Å². The Labute approximate surface area is 98.4 Å². The molecule has 17 heavy (non-hydrogen) atoms. The molecule has 1 aromatic rings. The molecular weight excluding hydrogens is 224 g/mol. The fourth-order valence-electron chi connectivity index (χ4n) is 1.08. The predicted molar refractivity (Wildman–Crippen MR) is 62.5 cm³/mol. The van der Waals surface area contributed by atoms with E-state index in [0.717, 1.165) is 0 Å². The Kier molecular flexibility index (Phi) is 4.27. The number of methoxy groups -OCH3 is 1. The fourth-order valence-corrected chi connectivity index (χ4v) is 1.08. The number of rotatable bonds is 4. The summed E-state index contributed by atoms with van der Waals surface area (Å²) in [5.74, 6) is -0.501. The second kappa shape index (κ2) is 5.69. The van der Waals surface area contributed by atoms with Gasteiger partial charge in [-0.15, -0.1) is 0 Å². The quantitative estimate of drug-likeness (QED) is 0.617. The van der Waals surface area contributed by atoms with Gasteiger partial charge < -0.3 is 21.1 Å². The number of anilines is 2. The van der Waals surface area contributed by atoms with E-state index in [1.807, 2.05) is 0 Å². The van der Waals surface area contributed by atoms with Crippen molar-refractivity contribution < 1.29 is 14.3 Å². The summed E-state index contributed by atoms with van der Waals surface area (Å²) in [6.45, 7) is 0.0261. The van der Waals surface area contributed by atoms with Gasteiger partial charge in [0.15, 0.2) is 11.5 Å². The van der Waals surface area contributed by atoms with Gasteiger partial charge in [0.25, 0.3) is 0 Å². The predicted octanol–water partition coefficient (Wildman–Crippen LogP) is -0.392. The second-order valence-electron chi connectivity index (χ2n) is 3.15. The van der Waals surface area contributed by atoms with Gasteiger partial charge in [0, 0.05) is 7.05 Å². The molecule has 1 heterocycles. The number of esters is 1. The van der Waals surface area contributed by atoms with Crippen molar-refractivity contribution >= 4 is 23.4 Å². The minimum Gasteiger partial charge on any atom is -0.464 e. The molecule has 0 aromatic carbocycles. The Morgan fingerprint density at radius 3 is 2.76 bits per heavy atom. The molecule has 1 rings (SSSR count). The van der Waals surface area contributed by atoms with E-state index in [1.54, 1.807) is 0 Å². The number of nitrogen functional groups attached to an aromatic ring is 1. The van der Waals surface area contributed by atoms with Crippen LogP contribution in [0.4, 0.5) is 11.5 Å². The number of nitrogens with zero attached hydrogens (tertiary/aromatic N) is 1. The highest BCUT2D eigenvalue weighted by Crippen LogP contribution is 2.15. The average molecular weight is 238 g/mol. The van der Waals surface area contributed by atoms with Crippen molar-refractivity contribution in [1.82, 2.24) is 10.3 Å². The number of nitrogens with one attached hydrogen (secondary N) is 2. The number of aromatic nitrogens is 1. The van der Waals surface area contributed by atoms with Gasteiger partial charge in [-0.25, -0.2) is 9.78 Å². The summed E-state index contributed by atoms with van der Waals surface area (Å²) < 4.78 is 4.53. The standard InChI is InChI=1S/C10H14N4O3/c1-12-8(15)5-13-9-6(11)3-4-7(14-9)10(16)17-2/h3-4H,5,11H2,1-2H3,(H,12,15)(H,13,14). The molecule has 0 bridgehead atoms. The Hall–Kier alpha value is -2.31. The molecule has 7 nitrogen and oxygen atoms in total. The molecule has 7 heteroatoms. The van der Waals surface area contributed by atoms with Crippen LogP contribution < -0.4 is 16.4 Å². The SMILES string of the molecule is CNC(=O)CNc1nc(C(=O)OC)ccc1N. The smallest absolute Gasteiger partial charge is 0.356 e. The van der Waals surface area contributed by atoms with Gasteiger partial charge in [-0.1, -0.05) is 0 Å². The molecule has 0 aliphatic carbocycles. The number of hydrogen-bond acceptors (Lipinski definition) is 6. The van der Waals surface area contributed by atoms with Crippen LogP contribution >= 0.6 is 0 Å². The molecule has 92 valence electrons. The van der Waals surface area contributed by atoms with Gasteiger partial charge >= 0.3 is 5.97 Å². The van der Waals surface area contributed by atoms with E-state index in [0.29, 0.717) is 5.69 Å². The van der Waals surface area contributed by atoms with E-state index in [-0.39, 0.29) is 24.0 Å². The number of amides is 1. The molecule has 0 radical (unpaired) electrons. The third-order valence-corrected chi connectivity index (χ3v) is 2.02. The molecule has 0 aliphatic rings. The van der Waals surface area contributed by atoms with E-state index in [9.17, 15) is 9.59 Å². The molecule has 0 unspecified atom stereocenters. The topological polar surface area (TPSA) is 106 Å². The summed E-state index contributed by atoms with van der Waals surface area (Å²) >= 11 is 0. The zero-order valence-corrected chi connectivity index (χ0v) is 9.61. The maximum Gasteiger partial charge on any atom is 0.356 e. The van der Waals surface area contributed by atoms with Crippen molar-refractivity contribution in [3.8, 4) is 0 Å². The number of ether oxygens (including phenoxy) is 1. The fraction of sp³-hybridized carbons (Fsp3) is 0.300. The zero-order chi connectivity index (χ0) is 12.8. The molecule has 4 N–H and O–H groups in total. The maximum absolute atomic E-state index is 11.2. The van der Waals surface area contributed by atoms with Crippen LogP contribution in [0.3, 0.4) is 0 Å². The molecule has 0 fully saturated rings. The first-order valence-electron chi connectivity index (χ1n) is 4.87. The molecule has 0 aliphatic heterocycles. The van der Waals surface area contributed by atoms with E-state index in [2.05, 4.69) is 20.4 Å². The summed E-state index contributed by atoms with van der Waals surface area (Å²) in [6, 6.07) is 2.97. The minimum atomic E-state index is -0.562. The average Bonchev–Trinajstić information content (AvgIpc) is 2.36. The monoisotopic (exact) mass is 238 g/mol. The van der Waals surface area contributed by atoms with E-state index in [1.165, 1.54) is 26.3 Å². The summed E-state index contributed by atoms with van der Waals surface area (Å²) in [7, 11) is 2.78. The van der Waals surface area contributed by atoms with Crippen molar-refractivity contribution in [1.29, 1.82) is 0 Å². The molecule has 0 saturated heterocycles. The first-order valence-corrected chi connectivity index (χ1v) is 4.87. The third kappa shape index (κ3) is 3.33. The van der Waals surface area contributed by atoms with Crippen molar-refractivity contribution in [2.45, 2.75) is 0 Å². The lowest BCUT2D eigenvalue weighted by Gasteiger charge is -2.08. The zero-order valence-electron chi connectivity index (χ0n) is 9.61. The normalized spacial score (nSPS) is 9.53. The summed E-state index contributed by atoms with van der Waals surface area (Å²) in [5.41, 5.74) is 6.12. The van der Waals surface area contributed by atoms with E-state index < -0.39 is 5.97 Å².